The van der Waals surface area contributed by atoms with Crippen LogP contribution in [0.25, 0.3) is 10.2 Å². The van der Waals surface area contributed by atoms with Gasteiger partial charge in [-0.05, 0) is 17.5 Å². The van der Waals surface area contributed by atoms with E-state index in [0.717, 1.165) is 10.2 Å². The third-order valence-corrected chi connectivity index (χ3v) is 2.76. The second-order valence-electron chi connectivity index (χ2n) is 2.44. The van der Waals surface area contributed by atoms with Crippen molar-refractivity contribution < 1.29 is 9.90 Å². The molecule has 0 amide bonds. The van der Waals surface area contributed by atoms with Crippen LogP contribution in [0.5, 0.6) is 0 Å². The summed E-state index contributed by atoms with van der Waals surface area (Å²) in [6.07, 6.45) is 0. The Labute approximate surface area is 82.6 Å². The minimum atomic E-state index is -1.05. The Hall–Kier alpha value is -1.13. The molecule has 2 rings (SSSR count). The predicted molar refractivity (Wildman–Crippen MR) is 51.6 cm³/mol. The number of hydrogen-bond acceptors (Lipinski definition) is 3. The van der Waals surface area contributed by atoms with Crippen molar-refractivity contribution in [3.05, 3.63) is 28.2 Å². The number of carbonyl (C=O) groups is 1. The van der Waals surface area contributed by atoms with Crippen LogP contribution in [0.4, 0.5) is 0 Å². The van der Waals surface area contributed by atoms with Crippen LogP contribution < -0.4 is 0 Å². The van der Waals surface area contributed by atoms with Crippen molar-refractivity contribution in [2.24, 2.45) is 0 Å². The number of fused-ring (bicyclic) bond motifs is 1. The summed E-state index contributed by atoms with van der Waals surface area (Å²) >= 11 is 7.11. The number of rotatable bonds is 1. The molecule has 0 unspecified atom stereocenters. The van der Waals surface area contributed by atoms with Crippen molar-refractivity contribution in [2.45, 2.75) is 0 Å². The Balaban J connectivity index is 2.76. The summed E-state index contributed by atoms with van der Waals surface area (Å²) in [4.78, 5) is 14.6. The highest BCUT2D eigenvalue weighted by Gasteiger charge is 2.11. The summed E-state index contributed by atoms with van der Waals surface area (Å²) in [6.45, 7) is 0. The molecule has 13 heavy (non-hydrogen) atoms. The molecule has 1 N–H and O–H groups in total. The molecule has 0 spiro atoms. The number of aromatic nitrogens is 1. The van der Waals surface area contributed by atoms with Gasteiger partial charge >= 0.3 is 5.97 Å². The highest BCUT2D eigenvalue weighted by atomic mass is 35.5. The number of carboxylic acid groups (broad SMARTS) is 1. The summed E-state index contributed by atoms with van der Waals surface area (Å²) in [5, 5.41) is 10.6. The van der Waals surface area contributed by atoms with Gasteiger partial charge in [-0.3, -0.25) is 0 Å². The number of halogens is 1. The molecule has 0 aliphatic rings. The Bertz CT molecular complexity index is 480. The number of thiophene rings is 1. The van der Waals surface area contributed by atoms with Crippen LogP contribution in [-0.4, -0.2) is 16.1 Å². The fourth-order valence-electron chi connectivity index (χ4n) is 1.02. The van der Waals surface area contributed by atoms with Crippen molar-refractivity contribution in [1.29, 1.82) is 0 Å². The summed E-state index contributed by atoms with van der Waals surface area (Å²) in [5.74, 6) is -1.05. The lowest BCUT2D eigenvalue weighted by molar-refractivity contribution is 0.0697. The quantitative estimate of drug-likeness (QED) is 0.741. The first-order valence-electron chi connectivity index (χ1n) is 3.45. The van der Waals surface area contributed by atoms with Gasteiger partial charge in [0.25, 0.3) is 0 Å². The number of aromatic carboxylic acids is 1. The Kier molecular flexibility index (Phi) is 1.94. The van der Waals surface area contributed by atoms with E-state index in [1.165, 1.54) is 17.4 Å². The summed E-state index contributed by atoms with van der Waals surface area (Å²) in [6, 6.07) is 3.34. The largest absolute Gasteiger partial charge is 0.478 e. The molecular weight excluding hydrogens is 210 g/mol. The first-order chi connectivity index (χ1) is 6.18. The maximum atomic E-state index is 10.7. The lowest BCUT2D eigenvalue weighted by atomic mass is 10.3. The third kappa shape index (κ3) is 1.38. The highest BCUT2D eigenvalue weighted by molar-refractivity contribution is 7.17. The number of nitrogens with zero attached hydrogens (tertiary/aromatic N) is 1. The lowest BCUT2D eigenvalue weighted by Gasteiger charge is -1.96. The van der Waals surface area contributed by atoms with Gasteiger partial charge in [-0.15, -0.1) is 11.3 Å². The summed E-state index contributed by atoms with van der Waals surface area (Å²) in [7, 11) is 0. The van der Waals surface area contributed by atoms with Crippen molar-refractivity contribution in [3.8, 4) is 0 Å². The van der Waals surface area contributed by atoms with E-state index in [4.69, 9.17) is 16.7 Å². The second-order valence-corrected chi connectivity index (χ2v) is 3.74. The molecule has 2 heterocycles. The van der Waals surface area contributed by atoms with E-state index in [2.05, 4.69) is 4.98 Å². The van der Waals surface area contributed by atoms with Crippen molar-refractivity contribution in [1.82, 2.24) is 4.98 Å². The molecule has 0 saturated carbocycles. The molecule has 0 bridgehead atoms. The fourth-order valence-corrected chi connectivity index (χ4v) is 2.01. The number of carboxylic acids is 1. The van der Waals surface area contributed by atoms with Gasteiger partial charge in [-0.25, -0.2) is 9.78 Å². The van der Waals surface area contributed by atoms with Crippen LogP contribution >= 0.6 is 22.9 Å². The fraction of sp³-hybridized carbons (Fsp3) is 0. The average Bonchev–Trinajstić information content (AvgIpc) is 2.48. The van der Waals surface area contributed by atoms with Gasteiger partial charge in [-0.2, -0.15) is 0 Å². The Morgan fingerprint density at radius 3 is 3.08 bits per heavy atom. The van der Waals surface area contributed by atoms with E-state index in [0.29, 0.717) is 0 Å². The minimum Gasteiger partial charge on any atom is -0.478 e. The Morgan fingerprint density at radius 1 is 1.62 bits per heavy atom. The van der Waals surface area contributed by atoms with E-state index in [9.17, 15) is 4.79 Å². The van der Waals surface area contributed by atoms with E-state index < -0.39 is 5.97 Å². The molecular formula is C8H4ClNO2S. The molecule has 2 aromatic rings. The van der Waals surface area contributed by atoms with E-state index >= 15 is 0 Å². The smallest absolute Gasteiger partial charge is 0.338 e. The average molecular weight is 214 g/mol. The van der Waals surface area contributed by atoms with Gasteiger partial charge in [-0.1, -0.05) is 11.6 Å². The van der Waals surface area contributed by atoms with Crippen molar-refractivity contribution in [3.63, 3.8) is 0 Å². The molecule has 0 fully saturated rings. The van der Waals surface area contributed by atoms with Crippen LogP contribution in [-0.2, 0) is 0 Å². The zero-order chi connectivity index (χ0) is 9.42. The van der Waals surface area contributed by atoms with E-state index in [-0.39, 0.29) is 10.7 Å². The first-order valence-corrected chi connectivity index (χ1v) is 4.71. The molecule has 0 aromatic carbocycles. The Morgan fingerprint density at radius 2 is 2.38 bits per heavy atom. The molecule has 0 radical (unpaired) electrons. The third-order valence-electron chi connectivity index (χ3n) is 1.62. The maximum absolute atomic E-state index is 10.7. The predicted octanol–water partition coefficient (Wildman–Crippen LogP) is 2.65. The van der Waals surface area contributed by atoms with Crippen molar-refractivity contribution in [2.75, 3.05) is 0 Å². The van der Waals surface area contributed by atoms with Crippen molar-refractivity contribution >= 4 is 39.1 Å². The lowest BCUT2D eigenvalue weighted by Crippen LogP contribution is -1.98. The minimum absolute atomic E-state index is 0.0402. The van der Waals surface area contributed by atoms with E-state index in [1.807, 2.05) is 5.38 Å². The van der Waals surface area contributed by atoms with Gasteiger partial charge < -0.3 is 5.11 Å². The maximum Gasteiger partial charge on any atom is 0.338 e. The first kappa shape index (κ1) is 8.47. The zero-order valence-corrected chi connectivity index (χ0v) is 7.89. The van der Waals surface area contributed by atoms with Crippen LogP contribution in [0.2, 0.25) is 5.15 Å². The molecule has 0 aliphatic carbocycles. The molecule has 66 valence electrons. The molecule has 2 aromatic heterocycles. The van der Waals surface area contributed by atoms with Gasteiger partial charge in [0, 0.05) is 0 Å². The van der Waals surface area contributed by atoms with Crippen LogP contribution in [0.3, 0.4) is 0 Å². The summed E-state index contributed by atoms with van der Waals surface area (Å²) < 4.78 is 0.835. The summed E-state index contributed by atoms with van der Waals surface area (Å²) in [5.41, 5.74) is 0.789. The van der Waals surface area contributed by atoms with Gasteiger partial charge in [0.1, 0.15) is 5.15 Å². The number of pyridine rings is 1. The van der Waals surface area contributed by atoms with Crippen LogP contribution in [0, 0.1) is 0 Å². The highest BCUT2D eigenvalue weighted by Crippen LogP contribution is 2.24. The zero-order valence-electron chi connectivity index (χ0n) is 6.32. The SMILES string of the molecule is O=C(O)c1cc2sccc2nc1Cl. The normalized spacial score (nSPS) is 10.5. The van der Waals surface area contributed by atoms with E-state index in [1.54, 1.807) is 6.07 Å². The second kappa shape index (κ2) is 2.97. The van der Waals surface area contributed by atoms with Gasteiger partial charge in [0.05, 0.1) is 15.8 Å². The molecule has 0 aliphatic heterocycles. The standard InChI is InChI=1S/C8H4ClNO2S/c9-7-4(8(11)12)3-6-5(10-7)1-2-13-6/h1-3H,(H,11,12). The number of hydrogen-bond donors (Lipinski definition) is 1. The van der Waals surface area contributed by atoms with Gasteiger partial charge in [0.2, 0.25) is 0 Å². The molecule has 3 nitrogen and oxygen atoms in total. The molecule has 0 saturated heterocycles. The molecule has 0 atom stereocenters. The monoisotopic (exact) mass is 213 g/mol. The van der Waals surface area contributed by atoms with Gasteiger partial charge in [0.15, 0.2) is 0 Å². The molecule has 5 heteroatoms. The van der Waals surface area contributed by atoms with Crippen LogP contribution in [0.15, 0.2) is 17.5 Å². The van der Waals surface area contributed by atoms with Crippen LogP contribution in [0.1, 0.15) is 10.4 Å². The topological polar surface area (TPSA) is 50.2 Å².